The molecule has 0 saturated carbocycles. The SMILES string of the molecule is COC(C)COC(C)COC(C)COC(C)COS(=O)(=O)c1ccc(C)cc1. The van der Waals surface area contributed by atoms with Crippen molar-refractivity contribution in [1.82, 2.24) is 0 Å². The summed E-state index contributed by atoms with van der Waals surface area (Å²) in [5.74, 6) is 0. The van der Waals surface area contributed by atoms with Gasteiger partial charge in [-0.1, -0.05) is 17.7 Å². The first-order valence-electron chi connectivity index (χ1n) is 9.47. The Hall–Kier alpha value is -1.03. The highest BCUT2D eigenvalue weighted by atomic mass is 32.2. The van der Waals surface area contributed by atoms with Crippen LogP contribution in [0.1, 0.15) is 33.3 Å². The van der Waals surface area contributed by atoms with Crippen LogP contribution in [0.5, 0.6) is 0 Å². The standard InChI is InChI=1S/C20H34O7S/c1-15-7-9-20(10-8-15)28(21,22)27-14-19(5)26-13-18(4)25-12-17(3)24-11-16(2)23-6/h7-10,16-19H,11-14H2,1-6H3. The van der Waals surface area contributed by atoms with E-state index in [1.807, 2.05) is 27.7 Å². The molecular weight excluding hydrogens is 384 g/mol. The zero-order valence-corrected chi connectivity index (χ0v) is 18.5. The molecule has 0 aliphatic rings. The van der Waals surface area contributed by atoms with E-state index in [-0.39, 0.29) is 35.9 Å². The summed E-state index contributed by atoms with van der Waals surface area (Å²) in [5, 5.41) is 0. The van der Waals surface area contributed by atoms with E-state index in [4.69, 9.17) is 23.1 Å². The Morgan fingerprint density at radius 3 is 1.64 bits per heavy atom. The average molecular weight is 419 g/mol. The Morgan fingerprint density at radius 2 is 1.18 bits per heavy atom. The van der Waals surface area contributed by atoms with Crippen molar-refractivity contribution in [3.63, 3.8) is 0 Å². The maximum Gasteiger partial charge on any atom is 0.297 e. The van der Waals surface area contributed by atoms with Gasteiger partial charge in [-0.3, -0.25) is 4.18 Å². The van der Waals surface area contributed by atoms with E-state index in [2.05, 4.69) is 0 Å². The van der Waals surface area contributed by atoms with Crippen molar-refractivity contribution in [3.05, 3.63) is 29.8 Å². The number of aryl methyl sites for hydroxylation is 1. The molecule has 0 spiro atoms. The van der Waals surface area contributed by atoms with Crippen molar-refractivity contribution < 1.29 is 31.5 Å². The van der Waals surface area contributed by atoms with Gasteiger partial charge >= 0.3 is 0 Å². The molecule has 28 heavy (non-hydrogen) atoms. The summed E-state index contributed by atoms with van der Waals surface area (Å²) in [7, 11) is -2.14. The number of methoxy groups -OCH3 is 1. The molecule has 0 bridgehead atoms. The van der Waals surface area contributed by atoms with Crippen LogP contribution in [0.4, 0.5) is 0 Å². The molecule has 0 heterocycles. The molecule has 162 valence electrons. The van der Waals surface area contributed by atoms with E-state index in [1.165, 1.54) is 12.1 Å². The molecule has 1 rings (SSSR count). The second kappa shape index (κ2) is 12.5. The summed E-state index contributed by atoms with van der Waals surface area (Å²) in [6, 6.07) is 6.52. The van der Waals surface area contributed by atoms with Crippen molar-refractivity contribution in [2.45, 2.75) is 63.9 Å². The predicted molar refractivity (Wildman–Crippen MR) is 107 cm³/mol. The molecule has 0 aliphatic carbocycles. The third-order valence-corrected chi connectivity index (χ3v) is 5.31. The number of ether oxygens (including phenoxy) is 4. The summed E-state index contributed by atoms with van der Waals surface area (Å²) in [5.41, 5.74) is 0.984. The molecule has 0 saturated heterocycles. The minimum atomic E-state index is -3.79. The number of hydrogen-bond acceptors (Lipinski definition) is 7. The van der Waals surface area contributed by atoms with Gasteiger partial charge in [0.05, 0.1) is 55.7 Å². The Balaban J connectivity index is 2.26. The fraction of sp³-hybridized carbons (Fsp3) is 0.700. The highest BCUT2D eigenvalue weighted by molar-refractivity contribution is 7.86. The zero-order chi connectivity index (χ0) is 21.2. The topological polar surface area (TPSA) is 80.3 Å². The fourth-order valence-corrected chi connectivity index (χ4v) is 3.05. The van der Waals surface area contributed by atoms with Crippen LogP contribution < -0.4 is 0 Å². The van der Waals surface area contributed by atoms with Crippen molar-refractivity contribution >= 4 is 10.1 Å². The molecule has 0 aromatic heterocycles. The van der Waals surface area contributed by atoms with Crippen LogP contribution in [0, 0.1) is 6.92 Å². The first-order chi connectivity index (χ1) is 13.1. The van der Waals surface area contributed by atoms with Gasteiger partial charge in [0.25, 0.3) is 10.1 Å². The molecule has 0 fully saturated rings. The molecule has 1 aromatic carbocycles. The molecule has 0 aliphatic heterocycles. The Bertz CT molecular complexity index is 645. The van der Waals surface area contributed by atoms with Gasteiger partial charge in [-0.05, 0) is 46.8 Å². The van der Waals surface area contributed by atoms with Crippen LogP contribution in [0.15, 0.2) is 29.2 Å². The first kappa shape index (κ1) is 25.0. The van der Waals surface area contributed by atoms with Crippen molar-refractivity contribution in [3.8, 4) is 0 Å². The van der Waals surface area contributed by atoms with Gasteiger partial charge < -0.3 is 18.9 Å². The summed E-state index contributed by atoms with van der Waals surface area (Å²) in [4.78, 5) is 0.138. The van der Waals surface area contributed by atoms with E-state index in [0.29, 0.717) is 19.8 Å². The van der Waals surface area contributed by atoms with Crippen LogP contribution in [0.2, 0.25) is 0 Å². The molecule has 0 radical (unpaired) electrons. The molecule has 1 aromatic rings. The van der Waals surface area contributed by atoms with Crippen LogP contribution >= 0.6 is 0 Å². The summed E-state index contributed by atoms with van der Waals surface area (Å²) >= 11 is 0. The van der Waals surface area contributed by atoms with E-state index >= 15 is 0 Å². The highest BCUT2D eigenvalue weighted by Crippen LogP contribution is 2.14. The lowest BCUT2D eigenvalue weighted by molar-refractivity contribution is -0.0843. The Morgan fingerprint density at radius 1 is 0.750 bits per heavy atom. The lowest BCUT2D eigenvalue weighted by Gasteiger charge is -2.20. The molecular formula is C20H34O7S. The molecule has 7 nitrogen and oxygen atoms in total. The van der Waals surface area contributed by atoms with Gasteiger partial charge in [0, 0.05) is 7.11 Å². The van der Waals surface area contributed by atoms with Gasteiger partial charge in [0.2, 0.25) is 0 Å². The van der Waals surface area contributed by atoms with E-state index < -0.39 is 10.1 Å². The Labute approximate surface area is 169 Å². The molecule has 0 amide bonds. The van der Waals surface area contributed by atoms with Gasteiger partial charge in [-0.2, -0.15) is 8.42 Å². The fourth-order valence-electron chi connectivity index (χ4n) is 2.07. The largest absolute Gasteiger partial charge is 0.379 e. The van der Waals surface area contributed by atoms with Gasteiger partial charge in [-0.25, -0.2) is 0 Å². The van der Waals surface area contributed by atoms with Crippen LogP contribution in [-0.2, 0) is 33.2 Å². The second-order valence-corrected chi connectivity index (χ2v) is 8.65. The lowest BCUT2D eigenvalue weighted by Crippen LogP contribution is -2.28. The summed E-state index contributed by atoms with van der Waals surface area (Å²) < 4.78 is 51.5. The smallest absolute Gasteiger partial charge is 0.297 e. The highest BCUT2D eigenvalue weighted by Gasteiger charge is 2.17. The minimum absolute atomic E-state index is 0.0419. The predicted octanol–water partition coefficient (Wildman–Crippen LogP) is 2.95. The second-order valence-electron chi connectivity index (χ2n) is 7.03. The number of benzene rings is 1. The lowest BCUT2D eigenvalue weighted by atomic mass is 10.2. The van der Waals surface area contributed by atoms with E-state index in [0.717, 1.165) is 5.56 Å². The quantitative estimate of drug-likeness (QED) is 0.430. The third kappa shape index (κ3) is 9.95. The minimum Gasteiger partial charge on any atom is -0.379 e. The van der Waals surface area contributed by atoms with Crippen LogP contribution in [0.25, 0.3) is 0 Å². The maximum atomic E-state index is 12.2. The molecule has 0 N–H and O–H groups in total. The number of rotatable bonds is 14. The molecule has 4 unspecified atom stereocenters. The van der Waals surface area contributed by atoms with Crippen molar-refractivity contribution in [2.24, 2.45) is 0 Å². The number of hydrogen-bond donors (Lipinski definition) is 0. The van der Waals surface area contributed by atoms with Crippen LogP contribution in [0.3, 0.4) is 0 Å². The van der Waals surface area contributed by atoms with E-state index in [1.54, 1.807) is 26.2 Å². The normalized spacial score (nSPS) is 16.5. The van der Waals surface area contributed by atoms with Crippen molar-refractivity contribution in [1.29, 1.82) is 0 Å². The van der Waals surface area contributed by atoms with E-state index in [9.17, 15) is 8.42 Å². The maximum absolute atomic E-state index is 12.2. The Kier molecular flexibility index (Phi) is 11.2. The van der Waals surface area contributed by atoms with Gasteiger partial charge in [0.15, 0.2) is 0 Å². The van der Waals surface area contributed by atoms with Gasteiger partial charge in [0.1, 0.15) is 0 Å². The van der Waals surface area contributed by atoms with Crippen molar-refractivity contribution in [2.75, 3.05) is 33.5 Å². The monoisotopic (exact) mass is 418 g/mol. The first-order valence-corrected chi connectivity index (χ1v) is 10.9. The zero-order valence-electron chi connectivity index (χ0n) is 17.7. The molecule has 4 atom stereocenters. The summed E-state index contributed by atoms with van der Waals surface area (Å²) in [6.45, 7) is 10.6. The van der Waals surface area contributed by atoms with Gasteiger partial charge in [-0.15, -0.1) is 0 Å². The molecule has 8 heteroatoms. The van der Waals surface area contributed by atoms with Crippen LogP contribution in [-0.4, -0.2) is 66.4 Å². The average Bonchev–Trinajstić information content (AvgIpc) is 2.67. The third-order valence-electron chi connectivity index (χ3n) is 4.02. The summed E-state index contributed by atoms with van der Waals surface area (Å²) in [6.07, 6.45) is -0.551.